The molecule has 1 heterocycles. The van der Waals surface area contributed by atoms with Crippen molar-refractivity contribution in [3.8, 4) is 0 Å². The Labute approximate surface area is 74.9 Å². The lowest BCUT2D eigenvalue weighted by atomic mass is 10.2. The topological polar surface area (TPSA) is 38.5 Å². The minimum Gasteiger partial charge on any atom is -0.380 e. The van der Waals surface area contributed by atoms with Gasteiger partial charge < -0.3 is 10.5 Å². The molecule has 0 aromatic carbocycles. The summed E-state index contributed by atoms with van der Waals surface area (Å²) in [7, 11) is 0. The van der Waals surface area contributed by atoms with Gasteiger partial charge in [-0.2, -0.15) is 0 Å². The van der Waals surface area contributed by atoms with Crippen LogP contribution in [0.15, 0.2) is 0 Å². The Morgan fingerprint density at radius 1 is 1.58 bits per heavy atom. The quantitative estimate of drug-likeness (QED) is 0.612. The fraction of sp³-hybridized carbons (Fsp3) is 1.00. The highest BCUT2D eigenvalue weighted by molar-refractivity contribution is 4.79. The first-order chi connectivity index (χ1) is 5.88. The Kier molecular flexibility index (Phi) is 4.58. The second kappa shape index (κ2) is 5.51. The summed E-state index contributed by atoms with van der Waals surface area (Å²) < 4.78 is 5.31. The molecule has 0 spiro atoms. The lowest BCUT2D eigenvalue weighted by Crippen LogP contribution is -2.37. The third-order valence-corrected chi connectivity index (χ3v) is 2.50. The highest BCUT2D eigenvalue weighted by Crippen LogP contribution is 2.14. The summed E-state index contributed by atoms with van der Waals surface area (Å²) in [5.41, 5.74) is 5.65. The molecule has 2 N–H and O–H groups in total. The molecule has 0 aromatic rings. The van der Waals surface area contributed by atoms with Crippen molar-refractivity contribution in [2.45, 2.75) is 25.8 Å². The standard InChI is InChI=1S/C9H20N2O/c1-2-12-7-6-11-5-3-4-9(11)8-10/h9H,2-8,10H2,1H3. The molecular formula is C9H20N2O. The van der Waals surface area contributed by atoms with E-state index in [2.05, 4.69) is 4.90 Å². The summed E-state index contributed by atoms with van der Waals surface area (Å²) in [5, 5.41) is 0. The van der Waals surface area contributed by atoms with Crippen LogP contribution in [0.25, 0.3) is 0 Å². The minimum atomic E-state index is 0.616. The molecule has 1 saturated heterocycles. The molecular weight excluding hydrogens is 152 g/mol. The zero-order valence-corrected chi connectivity index (χ0v) is 7.96. The number of likely N-dealkylation sites (tertiary alicyclic amines) is 1. The third-order valence-electron chi connectivity index (χ3n) is 2.50. The van der Waals surface area contributed by atoms with Gasteiger partial charge in [0.2, 0.25) is 0 Å². The summed E-state index contributed by atoms with van der Waals surface area (Å²) in [6, 6.07) is 0.616. The van der Waals surface area contributed by atoms with Gasteiger partial charge in [0.15, 0.2) is 0 Å². The number of ether oxygens (including phenoxy) is 1. The van der Waals surface area contributed by atoms with Crippen molar-refractivity contribution in [1.82, 2.24) is 4.90 Å². The second-order valence-electron chi connectivity index (χ2n) is 3.26. The van der Waals surface area contributed by atoms with Crippen LogP contribution in [0.4, 0.5) is 0 Å². The molecule has 0 aromatic heterocycles. The summed E-state index contributed by atoms with van der Waals surface area (Å²) in [5.74, 6) is 0. The Hall–Kier alpha value is -0.120. The van der Waals surface area contributed by atoms with E-state index in [4.69, 9.17) is 10.5 Å². The van der Waals surface area contributed by atoms with Gasteiger partial charge in [-0.25, -0.2) is 0 Å². The molecule has 0 saturated carbocycles. The zero-order chi connectivity index (χ0) is 8.81. The summed E-state index contributed by atoms with van der Waals surface area (Å²) in [6.07, 6.45) is 2.57. The summed E-state index contributed by atoms with van der Waals surface area (Å²) >= 11 is 0. The van der Waals surface area contributed by atoms with Crippen molar-refractivity contribution < 1.29 is 4.74 Å². The molecule has 72 valence electrons. The molecule has 0 aliphatic carbocycles. The second-order valence-corrected chi connectivity index (χ2v) is 3.26. The Morgan fingerprint density at radius 3 is 3.08 bits per heavy atom. The van der Waals surface area contributed by atoms with E-state index in [-0.39, 0.29) is 0 Å². The highest BCUT2D eigenvalue weighted by atomic mass is 16.5. The Morgan fingerprint density at radius 2 is 2.42 bits per heavy atom. The first-order valence-electron chi connectivity index (χ1n) is 4.90. The molecule has 1 rings (SSSR count). The van der Waals surface area contributed by atoms with Crippen molar-refractivity contribution >= 4 is 0 Å². The summed E-state index contributed by atoms with van der Waals surface area (Å²) in [4.78, 5) is 2.44. The van der Waals surface area contributed by atoms with Crippen molar-refractivity contribution in [1.29, 1.82) is 0 Å². The number of hydrogen-bond acceptors (Lipinski definition) is 3. The molecule has 3 nitrogen and oxygen atoms in total. The fourth-order valence-electron chi connectivity index (χ4n) is 1.78. The van der Waals surface area contributed by atoms with E-state index >= 15 is 0 Å². The highest BCUT2D eigenvalue weighted by Gasteiger charge is 2.21. The minimum absolute atomic E-state index is 0.616. The van der Waals surface area contributed by atoms with Crippen LogP contribution in [0.1, 0.15) is 19.8 Å². The van der Waals surface area contributed by atoms with Gasteiger partial charge in [-0.1, -0.05) is 0 Å². The monoisotopic (exact) mass is 172 g/mol. The Balaban J connectivity index is 2.12. The van der Waals surface area contributed by atoms with E-state index in [9.17, 15) is 0 Å². The molecule has 0 bridgehead atoms. The molecule has 1 unspecified atom stereocenters. The van der Waals surface area contributed by atoms with Gasteiger partial charge in [-0.05, 0) is 26.3 Å². The van der Waals surface area contributed by atoms with Gasteiger partial charge >= 0.3 is 0 Å². The van der Waals surface area contributed by atoms with Crippen LogP contribution in [-0.4, -0.2) is 43.8 Å². The number of rotatable bonds is 5. The number of nitrogens with two attached hydrogens (primary N) is 1. The van der Waals surface area contributed by atoms with Crippen molar-refractivity contribution in [3.63, 3.8) is 0 Å². The predicted octanol–water partition coefficient (Wildman–Crippen LogP) is 0.446. The fourth-order valence-corrected chi connectivity index (χ4v) is 1.78. The average Bonchev–Trinajstić information content (AvgIpc) is 2.52. The summed E-state index contributed by atoms with van der Waals surface area (Å²) in [6.45, 7) is 6.76. The molecule has 0 amide bonds. The molecule has 1 atom stereocenters. The van der Waals surface area contributed by atoms with Gasteiger partial charge in [0, 0.05) is 25.7 Å². The van der Waals surface area contributed by atoms with Crippen LogP contribution < -0.4 is 5.73 Å². The maximum absolute atomic E-state index is 5.65. The van der Waals surface area contributed by atoms with Crippen LogP contribution in [-0.2, 0) is 4.74 Å². The SMILES string of the molecule is CCOCCN1CCCC1CN. The van der Waals surface area contributed by atoms with Gasteiger partial charge in [-0.3, -0.25) is 4.90 Å². The van der Waals surface area contributed by atoms with Crippen molar-refractivity contribution in [2.75, 3.05) is 32.8 Å². The molecule has 3 heteroatoms. The average molecular weight is 172 g/mol. The smallest absolute Gasteiger partial charge is 0.0593 e. The van der Waals surface area contributed by atoms with Gasteiger partial charge in [0.05, 0.1) is 6.61 Å². The van der Waals surface area contributed by atoms with Crippen LogP contribution in [0.5, 0.6) is 0 Å². The van der Waals surface area contributed by atoms with E-state index in [0.717, 1.165) is 26.3 Å². The van der Waals surface area contributed by atoms with Crippen LogP contribution in [0.2, 0.25) is 0 Å². The molecule has 12 heavy (non-hydrogen) atoms. The number of hydrogen-bond donors (Lipinski definition) is 1. The van der Waals surface area contributed by atoms with Crippen molar-refractivity contribution in [3.05, 3.63) is 0 Å². The normalized spacial score (nSPS) is 25.0. The maximum atomic E-state index is 5.65. The third kappa shape index (κ3) is 2.73. The molecule has 1 aliphatic heterocycles. The van der Waals surface area contributed by atoms with Gasteiger partial charge in [-0.15, -0.1) is 0 Å². The number of nitrogens with zero attached hydrogens (tertiary/aromatic N) is 1. The van der Waals surface area contributed by atoms with E-state index < -0.39 is 0 Å². The van der Waals surface area contributed by atoms with Crippen LogP contribution >= 0.6 is 0 Å². The lowest BCUT2D eigenvalue weighted by molar-refractivity contribution is 0.110. The predicted molar refractivity (Wildman–Crippen MR) is 50.1 cm³/mol. The van der Waals surface area contributed by atoms with Gasteiger partial charge in [0.25, 0.3) is 0 Å². The van der Waals surface area contributed by atoms with E-state index in [1.807, 2.05) is 6.92 Å². The first-order valence-corrected chi connectivity index (χ1v) is 4.90. The molecule has 0 radical (unpaired) electrons. The van der Waals surface area contributed by atoms with E-state index in [1.54, 1.807) is 0 Å². The first kappa shape index (κ1) is 9.96. The van der Waals surface area contributed by atoms with Crippen LogP contribution in [0.3, 0.4) is 0 Å². The van der Waals surface area contributed by atoms with Gasteiger partial charge in [0.1, 0.15) is 0 Å². The van der Waals surface area contributed by atoms with E-state index in [1.165, 1.54) is 19.4 Å². The van der Waals surface area contributed by atoms with Crippen LogP contribution in [0, 0.1) is 0 Å². The Bertz CT molecular complexity index is 119. The zero-order valence-electron chi connectivity index (χ0n) is 7.96. The molecule has 1 fully saturated rings. The lowest BCUT2D eigenvalue weighted by Gasteiger charge is -2.22. The van der Waals surface area contributed by atoms with Crippen molar-refractivity contribution in [2.24, 2.45) is 5.73 Å². The molecule has 1 aliphatic rings. The maximum Gasteiger partial charge on any atom is 0.0593 e. The largest absolute Gasteiger partial charge is 0.380 e. The van der Waals surface area contributed by atoms with E-state index in [0.29, 0.717) is 6.04 Å².